The molecule has 5 heteroatoms. The van der Waals surface area contributed by atoms with Gasteiger partial charge in [-0.15, -0.1) is 0 Å². The summed E-state index contributed by atoms with van der Waals surface area (Å²) < 4.78 is 13.3. The Morgan fingerprint density at radius 1 is 1.24 bits per heavy atom. The molecule has 0 aliphatic carbocycles. The minimum Gasteiger partial charge on any atom is -0.335 e. The molecule has 2 heterocycles. The first-order valence-electron chi connectivity index (χ1n) is 5.16. The second-order valence-electron chi connectivity index (χ2n) is 3.86. The average molecular weight is 228 g/mol. The number of imidazole rings is 1. The fraction of sp³-hybridized carbons (Fsp3) is 0.0833. The molecule has 84 valence electrons. The molecule has 0 bridgehead atoms. The summed E-state index contributed by atoms with van der Waals surface area (Å²) in [5.41, 5.74) is 2.88. The van der Waals surface area contributed by atoms with Crippen LogP contribution >= 0.6 is 0 Å². The number of aromatic nitrogens is 4. The van der Waals surface area contributed by atoms with Crippen molar-refractivity contribution in [1.82, 2.24) is 19.9 Å². The van der Waals surface area contributed by atoms with E-state index in [0.717, 1.165) is 11.1 Å². The molecule has 1 N–H and O–H groups in total. The third-order valence-corrected chi connectivity index (χ3v) is 2.48. The lowest BCUT2D eigenvalue weighted by atomic mass is 10.1. The van der Waals surface area contributed by atoms with Crippen molar-refractivity contribution < 1.29 is 4.39 Å². The number of nitrogens with one attached hydrogen (secondary N) is 1. The highest BCUT2D eigenvalue weighted by Gasteiger charge is 2.07. The highest BCUT2D eigenvalue weighted by molar-refractivity contribution is 5.74. The molecule has 0 saturated heterocycles. The zero-order valence-corrected chi connectivity index (χ0v) is 9.11. The van der Waals surface area contributed by atoms with Gasteiger partial charge in [0.2, 0.25) is 0 Å². The normalized spacial score (nSPS) is 10.9. The molecule has 4 nitrogen and oxygen atoms in total. The fourth-order valence-electron chi connectivity index (χ4n) is 1.77. The van der Waals surface area contributed by atoms with Gasteiger partial charge in [-0.3, -0.25) is 0 Å². The summed E-state index contributed by atoms with van der Waals surface area (Å²) in [6, 6.07) is 4.79. The van der Waals surface area contributed by atoms with Crippen molar-refractivity contribution in [2.24, 2.45) is 0 Å². The van der Waals surface area contributed by atoms with E-state index in [1.165, 1.54) is 18.5 Å². The zero-order chi connectivity index (χ0) is 11.8. The SMILES string of the molecule is Cc1cc(F)cc(-c2nc3ncncc3[nH]2)c1. The van der Waals surface area contributed by atoms with E-state index in [0.29, 0.717) is 17.0 Å². The maximum atomic E-state index is 13.3. The first-order chi connectivity index (χ1) is 8.22. The van der Waals surface area contributed by atoms with Crippen molar-refractivity contribution >= 4 is 11.2 Å². The van der Waals surface area contributed by atoms with Crippen molar-refractivity contribution in [3.8, 4) is 11.4 Å². The summed E-state index contributed by atoms with van der Waals surface area (Å²) in [5, 5.41) is 0. The standard InChI is InChI=1S/C12H9FN4/c1-7-2-8(4-9(13)3-7)11-16-10-5-14-6-15-12(10)17-11/h2-6H,1H3,(H,14,15,16,17). The number of H-pyrrole nitrogens is 1. The molecule has 0 aliphatic rings. The summed E-state index contributed by atoms with van der Waals surface area (Å²) in [4.78, 5) is 15.3. The van der Waals surface area contributed by atoms with Gasteiger partial charge >= 0.3 is 0 Å². The van der Waals surface area contributed by atoms with Gasteiger partial charge in [0.25, 0.3) is 0 Å². The molecule has 0 aliphatic heterocycles. The van der Waals surface area contributed by atoms with Gasteiger partial charge in [-0.1, -0.05) is 0 Å². The van der Waals surface area contributed by atoms with Crippen LogP contribution in [0.1, 0.15) is 5.56 Å². The predicted octanol–water partition coefficient (Wildman–Crippen LogP) is 2.47. The number of benzene rings is 1. The first-order valence-corrected chi connectivity index (χ1v) is 5.16. The van der Waals surface area contributed by atoms with Crippen LogP contribution < -0.4 is 0 Å². The van der Waals surface area contributed by atoms with Crippen LogP contribution in [0.3, 0.4) is 0 Å². The van der Waals surface area contributed by atoms with Gasteiger partial charge in [0.15, 0.2) is 5.65 Å². The third kappa shape index (κ3) is 1.75. The highest BCUT2D eigenvalue weighted by Crippen LogP contribution is 2.20. The summed E-state index contributed by atoms with van der Waals surface area (Å²) in [7, 11) is 0. The topological polar surface area (TPSA) is 54.5 Å². The lowest BCUT2D eigenvalue weighted by Crippen LogP contribution is -1.85. The van der Waals surface area contributed by atoms with E-state index in [2.05, 4.69) is 19.9 Å². The maximum absolute atomic E-state index is 13.3. The fourth-order valence-corrected chi connectivity index (χ4v) is 1.77. The van der Waals surface area contributed by atoms with Crippen molar-refractivity contribution in [1.29, 1.82) is 0 Å². The van der Waals surface area contributed by atoms with Crippen LogP contribution in [0.2, 0.25) is 0 Å². The van der Waals surface area contributed by atoms with Crippen LogP contribution in [0.15, 0.2) is 30.7 Å². The summed E-state index contributed by atoms with van der Waals surface area (Å²) in [5.74, 6) is 0.328. The Bertz CT molecular complexity index is 637. The molecule has 0 fully saturated rings. The smallest absolute Gasteiger partial charge is 0.181 e. The monoisotopic (exact) mass is 228 g/mol. The summed E-state index contributed by atoms with van der Waals surface area (Å²) >= 11 is 0. The van der Waals surface area contributed by atoms with E-state index >= 15 is 0 Å². The zero-order valence-electron chi connectivity index (χ0n) is 9.11. The number of nitrogens with zero attached hydrogens (tertiary/aromatic N) is 3. The number of aromatic amines is 1. The van der Waals surface area contributed by atoms with Gasteiger partial charge in [-0.05, 0) is 30.7 Å². The maximum Gasteiger partial charge on any atom is 0.181 e. The van der Waals surface area contributed by atoms with Gasteiger partial charge in [0, 0.05) is 5.56 Å². The van der Waals surface area contributed by atoms with Crippen LogP contribution in [0, 0.1) is 12.7 Å². The van der Waals surface area contributed by atoms with Gasteiger partial charge in [-0.2, -0.15) is 0 Å². The molecule has 0 spiro atoms. The number of hydrogen-bond donors (Lipinski definition) is 1. The summed E-state index contributed by atoms with van der Waals surface area (Å²) in [6.07, 6.45) is 3.08. The number of aryl methyl sites for hydroxylation is 1. The number of hydrogen-bond acceptors (Lipinski definition) is 3. The van der Waals surface area contributed by atoms with Gasteiger partial charge in [-0.25, -0.2) is 19.3 Å². The Balaban J connectivity index is 2.20. The van der Waals surface area contributed by atoms with Crippen LogP contribution in [0.4, 0.5) is 4.39 Å². The Morgan fingerprint density at radius 2 is 2.12 bits per heavy atom. The van der Waals surface area contributed by atoms with E-state index in [-0.39, 0.29) is 5.82 Å². The largest absolute Gasteiger partial charge is 0.335 e. The Labute approximate surface area is 96.6 Å². The lowest BCUT2D eigenvalue weighted by molar-refractivity contribution is 0.627. The molecule has 0 atom stereocenters. The van der Waals surface area contributed by atoms with E-state index < -0.39 is 0 Å². The predicted molar refractivity (Wildman–Crippen MR) is 61.8 cm³/mol. The van der Waals surface area contributed by atoms with Crippen molar-refractivity contribution in [3.63, 3.8) is 0 Å². The minimum absolute atomic E-state index is 0.272. The second kappa shape index (κ2) is 3.62. The van der Waals surface area contributed by atoms with E-state index in [4.69, 9.17) is 0 Å². The van der Waals surface area contributed by atoms with Crippen molar-refractivity contribution in [2.75, 3.05) is 0 Å². The highest BCUT2D eigenvalue weighted by atomic mass is 19.1. The lowest BCUT2D eigenvalue weighted by Gasteiger charge is -1.99. The van der Waals surface area contributed by atoms with Crippen LogP contribution in [-0.2, 0) is 0 Å². The first kappa shape index (κ1) is 9.89. The van der Waals surface area contributed by atoms with Gasteiger partial charge in [0.1, 0.15) is 23.5 Å². The molecule has 3 aromatic rings. The molecule has 2 aromatic heterocycles. The number of fused-ring (bicyclic) bond motifs is 1. The van der Waals surface area contributed by atoms with Crippen LogP contribution in [-0.4, -0.2) is 19.9 Å². The van der Waals surface area contributed by atoms with Crippen molar-refractivity contribution in [3.05, 3.63) is 42.1 Å². The average Bonchev–Trinajstić information content (AvgIpc) is 2.71. The number of rotatable bonds is 1. The molecule has 0 saturated carbocycles. The minimum atomic E-state index is -0.272. The molecule has 0 amide bonds. The van der Waals surface area contributed by atoms with E-state index in [9.17, 15) is 4.39 Å². The molecular formula is C12H9FN4. The number of halogens is 1. The molecule has 0 radical (unpaired) electrons. The Hall–Kier alpha value is -2.30. The second-order valence-corrected chi connectivity index (χ2v) is 3.86. The van der Waals surface area contributed by atoms with E-state index in [1.807, 2.05) is 13.0 Å². The Morgan fingerprint density at radius 3 is 2.88 bits per heavy atom. The Kier molecular flexibility index (Phi) is 2.11. The van der Waals surface area contributed by atoms with Crippen LogP contribution in [0.5, 0.6) is 0 Å². The molecule has 3 rings (SSSR count). The molecular weight excluding hydrogens is 219 g/mol. The molecule has 0 unspecified atom stereocenters. The third-order valence-electron chi connectivity index (χ3n) is 2.48. The van der Waals surface area contributed by atoms with Crippen LogP contribution in [0.25, 0.3) is 22.6 Å². The quantitative estimate of drug-likeness (QED) is 0.696. The molecule has 17 heavy (non-hydrogen) atoms. The van der Waals surface area contributed by atoms with E-state index in [1.54, 1.807) is 6.20 Å². The van der Waals surface area contributed by atoms with Crippen molar-refractivity contribution in [2.45, 2.75) is 6.92 Å². The van der Waals surface area contributed by atoms with Gasteiger partial charge < -0.3 is 4.98 Å². The summed E-state index contributed by atoms with van der Waals surface area (Å²) in [6.45, 7) is 1.84. The molecule has 1 aromatic carbocycles. The van der Waals surface area contributed by atoms with Gasteiger partial charge in [0.05, 0.1) is 6.20 Å².